The van der Waals surface area contributed by atoms with Gasteiger partial charge in [0.2, 0.25) is 11.8 Å². The number of aliphatic hydroxyl groups excluding tert-OH is 1. The summed E-state index contributed by atoms with van der Waals surface area (Å²) < 4.78 is 13.0. The molecule has 0 amide bonds. The molecule has 1 aromatic heterocycles. The van der Waals surface area contributed by atoms with Gasteiger partial charge in [0.05, 0.1) is 17.9 Å². The molecule has 0 aliphatic carbocycles. The SMILES string of the molecule is Cc1cc(F)ccc1-c1nc(N[C@H](C)CO)nc2c1CNC[N+]2([O-])c1ccccc1C. The fraction of sp³-hybridized carbons (Fsp3) is 0.304. The molecule has 2 atom stereocenters. The van der Waals surface area contributed by atoms with Crippen molar-refractivity contribution in [2.24, 2.45) is 0 Å². The van der Waals surface area contributed by atoms with Crippen molar-refractivity contribution in [3.63, 3.8) is 0 Å². The molecule has 0 bridgehead atoms. The monoisotopic (exact) mass is 423 g/mol. The van der Waals surface area contributed by atoms with Crippen molar-refractivity contribution in [1.29, 1.82) is 0 Å². The number of fused-ring (bicyclic) bond motifs is 1. The average molecular weight is 423 g/mol. The minimum absolute atomic E-state index is 0.109. The van der Waals surface area contributed by atoms with Crippen LogP contribution in [0.1, 0.15) is 23.6 Å². The van der Waals surface area contributed by atoms with Gasteiger partial charge in [0.1, 0.15) is 18.2 Å². The van der Waals surface area contributed by atoms with E-state index < -0.39 is 4.65 Å². The van der Waals surface area contributed by atoms with Gasteiger partial charge in [-0.15, -0.1) is 0 Å². The Kier molecular flexibility index (Phi) is 5.72. The van der Waals surface area contributed by atoms with Gasteiger partial charge in [-0.2, -0.15) is 4.98 Å². The number of anilines is 1. The molecule has 0 radical (unpaired) electrons. The minimum Gasteiger partial charge on any atom is -0.620 e. The second-order valence-corrected chi connectivity index (χ2v) is 8.00. The van der Waals surface area contributed by atoms with E-state index in [4.69, 9.17) is 0 Å². The molecule has 7 nitrogen and oxygen atoms in total. The second-order valence-electron chi connectivity index (χ2n) is 8.00. The lowest BCUT2D eigenvalue weighted by Gasteiger charge is -2.44. The molecule has 0 saturated carbocycles. The van der Waals surface area contributed by atoms with Gasteiger partial charge in [-0.25, -0.2) is 9.37 Å². The number of aryl methyl sites for hydroxylation is 2. The van der Waals surface area contributed by atoms with E-state index in [0.29, 0.717) is 34.9 Å². The number of quaternary nitrogens is 1. The van der Waals surface area contributed by atoms with Gasteiger partial charge >= 0.3 is 0 Å². The number of benzene rings is 2. The van der Waals surface area contributed by atoms with Gasteiger partial charge in [0, 0.05) is 29.8 Å². The third kappa shape index (κ3) is 3.90. The van der Waals surface area contributed by atoms with Crippen molar-refractivity contribution in [3.8, 4) is 11.3 Å². The van der Waals surface area contributed by atoms with Gasteiger partial charge in [-0.1, -0.05) is 18.2 Å². The van der Waals surface area contributed by atoms with Crippen LogP contribution in [-0.2, 0) is 6.54 Å². The van der Waals surface area contributed by atoms with Gasteiger partial charge in [-0.05, 0) is 44.5 Å². The van der Waals surface area contributed by atoms with Crippen molar-refractivity contribution in [2.45, 2.75) is 33.4 Å². The topological polar surface area (TPSA) is 93.1 Å². The highest BCUT2D eigenvalue weighted by molar-refractivity contribution is 5.75. The maximum absolute atomic E-state index is 14.2. The normalized spacial score (nSPS) is 19.0. The molecule has 4 rings (SSSR count). The predicted molar refractivity (Wildman–Crippen MR) is 120 cm³/mol. The fourth-order valence-corrected chi connectivity index (χ4v) is 3.96. The standard InChI is InChI=1S/C23H26FN5O2/c1-14-6-4-5-7-20(14)29(31)13-25-11-19-21(18-9-8-17(24)10-15(18)2)27-23(28-22(19)29)26-16(3)12-30/h4-10,16,25,30H,11-13H2,1-3H3,(H,26,27,28)/t16-,29?/m1/s1. The molecule has 162 valence electrons. The maximum Gasteiger partial charge on any atom is 0.243 e. The molecule has 1 unspecified atom stereocenters. The van der Waals surface area contributed by atoms with Crippen LogP contribution < -0.4 is 15.3 Å². The molecular formula is C23H26FN5O2. The first kappa shape index (κ1) is 21.3. The summed E-state index contributed by atoms with van der Waals surface area (Å²) >= 11 is 0. The molecular weight excluding hydrogens is 397 g/mol. The molecule has 1 aliphatic heterocycles. The molecule has 2 heterocycles. The molecule has 0 spiro atoms. The number of rotatable bonds is 5. The van der Waals surface area contributed by atoms with Crippen LogP contribution >= 0.6 is 0 Å². The number of hydroxylamine groups is 1. The zero-order chi connectivity index (χ0) is 22.2. The van der Waals surface area contributed by atoms with Crippen LogP contribution in [0.3, 0.4) is 0 Å². The summed E-state index contributed by atoms with van der Waals surface area (Å²) in [5, 5.41) is 30.0. The fourth-order valence-electron chi connectivity index (χ4n) is 3.96. The number of para-hydroxylation sites is 1. The van der Waals surface area contributed by atoms with E-state index in [9.17, 15) is 14.7 Å². The number of aliphatic hydroxyl groups is 1. The van der Waals surface area contributed by atoms with E-state index in [0.717, 1.165) is 11.1 Å². The Morgan fingerprint density at radius 1 is 1.19 bits per heavy atom. The quantitative estimate of drug-likeness (QED) is 0.426. The summed E-state index contributed by atoms with van der Waals surface area (Å²) in [6, 6.07) is 11.7. The highest BCUT2D eigenvalue weighted by atomic mass is 19.1. The molecule has 8 heteroatoms. The molecule has 31 heavy (non-hydrogen) atoms. The van der Waals surface area contributed by atoms with E-state index in [1.807, 2.05) is 38.1 Å². The largest absolute Gasteiger partial charge is 0.620 e. The summed E-state index contributed by atoms with van der Waals surface area (Å²) in [5.41, 5.74) is 4.17. The number of hydrogen-bond donors (Lipinski definition) is 3. The lowest BCUT2D eigenvalue weighted by Crippen LogP contribution is -2.50. The number of nitrogens with zero attached hydrogens (tertiary/aromatic N) is 3. The summed E-state index contributed by atoms with van der Waals surface area (Å²) in [4.78, 5) is 9.29. The highest BCUT2D eigenvalue weighted by Gasteiger charge is 2.36. The Morgan fingerprint density at radius 3 is 2.68 bits per heavy atom. The highest BCUT2D eigenvalue weighted by Crippen LogP contribution is 2.42. The van der Waals surface area contributed by atoms with Gasteiger partial charge in [-0.3, -0.25) is 9.96 Å². The van der Waals surface area contributed by atoms with Crippen LogP contribution in [0.2, 0.25) is 0 Å². The van der Waals surface area contributed by atoms with E-state index >= 15 is 0 Å². The summed E-state index contributed by atoms with van der Waals surface area (Å²) in [6.07, 6.45) is 0. The second kappa shape index (κ2) is 8.32. The van der Waals surface area contributed by atoms with Crippen molar-refractivity contribution in [1.82, 2.24) is 19.9 Å². The average Bonchev–Trinajstić information content (AvgIpc) is 2.74. The Hall–Kier alpha value is -2.91. The van der Waals surface area contributed by atoms with Crippen molar-refractivity contribution >= 4 is 17.5 Å². The summed E-state index contributed by atoms with van der Waals surface area (Å²) in [5.74, 6) is 0.269. The lowest BCUT2D eigenvalue weighted by molar-refractivity contribution is 0.281. The van der Waals surface area contributed by atoms with Gasteiger partial charge in [0.25, 0.3) is 0 Å². The molecule has 0 fully saturated rings. The number of hydrogen-bond acceptors (Lipinski definition) is 6. The Labute approximate surface area is 180 Å². The minimum atomic E-state index is -0.778. The zero-order valence-electron chi connectivity index (χ0n) is 17.8. The van der Waals surface area contributed by atoms with E-state index in [1.165, 1.54) is 12.1 Å². The molecule has 2 aromatic carbocycles. The van der Waals surface area contributed by atoms with E-state index in [-0.39, 0.29) is 31.1 Å². The van der Waals surface area contributed by atoms with Gasteiger partial charge < -0.3 is 15.6 Å². The molecule has 1 aliphatic rings. The number of halogens is 1. The molecule has 0 saturated heterocycles. The first-order valence-corrected chi connectivity index (χ1v) is 10.2. The zero-order valence-corrected chi connectivity index (χ0v) is 17.8. The first-order valence-electron chi connectivity index (χ1n) is 10.2. The predicted octanol–water partition coefficient (Wildman–Crippen LogP) is 3.89. The van der Waals surface area contributed by atoms with Crippen LogP contribution in [-0.4, -0.2) is 34.4 Å². The third-order valence-corrected chi connectivity index (χ3v) is 5.56. The lowest BCUT2D eigenvalue weighted by atomic mass is 9.99. The maximum atomic E-state index is 14.2. The van der Waals surface area contributed by atoms with E-state index in [1.54, 1.807) is 13.0 Å². The van der Waals surface area contributed by atoms with Gasteiger partial charge in [0.15, 0.2) is 0 Å². The van der Waals surface area contributed by atoms with Crippen molar-refractivity contribution in [2.75, 3.05) is 18.6 Å². The van der Waals surface area contributed by atoms with Crippen LogP contribution in [0.25, 0.3) is 11.3 Å². The Morgan fingerprint density at radius 2 is 1.97 bits per heavy atom. The Balaban J connectivity index is 1.97. The number of aromatic nitrogens is 2. The van der Waals surface area contributed by atoms with Crippen molar-refractivity contribution < 1.29 is 9.50 Å². The Bertz CT molecular complexity index is 1120. The smallest absolute Gasteiger partial charge is 0.243 e. The summed E-state index contributed by atoms with van der Waals surface area (Å²) in [6.45, 7) is 5.96. The van der Waals surface area contributed by atoms with Crippen LogP contribution in [0.4, 0.5) is 21.8 Å². The van der Waals surface area contributed by atoms with Crippen LogP contribution in [0, 0.1) is 24.9 Å². The molecule has 3 N–H and O–H groups in total. The third-order valence-electron chi connectivity index (χ3n) is 5.56. The van der Waals surface area contributed by atoms with Crippen molar-refractivity contribution in [3.05, 3.63) is 70.2 Å². The van der Waals surface area contributed by atoms with Crippen LogP contribution in [0.5, 0.6) is 0 Å². The van der Waals surface area contributed by atoms with E-state index in [2.05, 4.69) is 20.6 Å². The first-order chi connectivity index (χ1) is 14.8. The summed E-state index contributed by atoms with van der Waals surface area (Å²) in [7, 11) is 0. The van der Waals surface area contributed by atoms with Crippen LogP contribution in [0.15, 0.2) is 42.5 Å². The molecule has 3 aromatic rings. The number of nitrogens with one attached hydrogen (secondary N) is 2.